The van der Waals surface area contributed by atoms with Crippen molar-refractivity contribution in [2.45, 2.75) is 19.8 Å². The fourth-order valence-electron chi connectivity index (χ4n) is 2.72. The summed E-state index contributed by atoms with van der Waals surface area (Å²) in [5.74, 6) is -0.177. The highest BCUT2D eigenvalue weighted by atomic mass is 16.1. The van der Waals surface area contributed by atoms with E-state index in [0.29, 0.717) is 11.3 Å². The molecule has 0 aliphatic carbocycles. The first-order valence-electron chi connectivity index (χ1n) is 8.42. The van der Waals surface area contributed by atoms with E-state index in [9.17, 15) is 4.79 Å². The van der Waals surface area contributed by atoms with E-state index in [4.69, 9.17) is 4.99 Å². The fourth-order valence-corrected chi connectivity index (χ4v) is 2.72. The van der Waals surface area contributed by atoms with Crippen molar-refractivity contribution >= 4 is 17.3 Å². The van der Waals surface area contributed by atoms with E-state index in [2.05, 4.69) is 28.3 Å². The van der Waals surface area contributed by atoms with Gasteiger partial charge >= 0.3 is 0 Å². The number of para-hydroxylation sites is 1. The molecule has 1 amide bonds. The third-order valence-corrected chi connectivity index (χ3v) is 4.11. The zero-order valence-corrected chi connectivity index (χ0v) is 14.3. The van der Waals surface area contributed by atoms with Gasteiger partial charge in [0.05, 0.1) is 22.7 Å². The molecule has 0 spiro atoms. The topological polar surface area (TPSA) is 69.3 Å². The van der Waals surface area contributed by atoms with E-state index in [0.717, 1.165) is 36.4 Å². The number of carbonyl (C=O) groups excluding carboxylic acids is 1. The first-order valence-corrected chi connectivity index (χ1v) is 8.42. The molecule has 25 heavy (non-hydrogen) atoms. The minimum Gasteiger partial charge on any atom is -0.389 e. The fraction of sp³-hybridized carbons (Fsp3) is 0.200. The molecule has 0 radical (unpaired) electrons. The van der Waals surface area contributed by atoms with E-state index >= 15 is 0 Å². The number of aromatic nitrogens is 1. The largest absolute Gasteiger partial charge is 0.389 e. The maximum atomic E-state index is 12.4. The first kappa shape index (κ1) is 16.8. The summed E-state index contributed by atoms with van der Waals surface area (Å²) in [6.45, 7) is 6.93. The molecule has 0 saturated carbocycles. The molecule has 2 heterocycles. The second kappa shape index (κ2) is 7.66. The summed E-state index contributed by atoms with van der Waals surface area (Å²) < 4.78 is 0. The molecule has 128 valence electrons. The molecule has 2 aromatic rings. The number of aromatic amines is 1. The number of amides is 1. The molecule has 1 aromatic carbocycles. The third kappa shape index (κ3) is 3.88. The molecular formula is C20H22N4O. The van der Waals surface area contributed by atoms with Crippen molar-refractivity contribution in [3.8, 4) is 0 Å². The van der Waals surface area contributed by atoms with Crippen LogP contribution in [0.5, 0.6) is 0 Å². The minimum atomic E-state index is -0.177. The van der Waals surface area contributed by atoms with Gasteiger partial charge in [-0.2, -0.15) is 0 Å². The number of H-pyrrole nitrogens is 1. The van der Waals surface area contributed by atoms with Gasteiger partial charge in [-0.3, -0.25) is 9.79 Å². The summed E-state index contributed by atoms with van der Waals surface area (Å²) in [6, 6.07) is 9.85. The molecule has 0 saturated heterocycles. The van der Waals surface area contributed by atoms with Crippen LogP contribution in [0, 0.1) is 0 Å². The van der Waals surface area contributed by atoms with Crippen molar-refractivity contribution < 1.29 is 4.79 Å². The first-order chi connectivity index (χ1) is 12.2. The van der Waals surface area contributed by atoms with Crippen LogP contribution < -0.4 is 10.6 Å². The monoisotopic (exact) mass is 334 g/mol. The van der Waals surface area contributed by atoms with Crippen LogP contribution in [0.15, 0.2) is 71.8 Å². The van der Waals surface area contributed by atoms with Gasteiger partial charge in [-0.1, -0.05) is 24.8 Å². The summed E-state index contributed by atoms with van der Waals surface area (Å²) in [6.07, 6.45) is 6.90. The lowest BCUT2D eigenvalue weighted by Crippen LogP contribution is -2.27. The number of rotatable bonds is 6. The Morgan fingerprint density at radius 2 is 2.16 bits per heavy atom. The Kier molecular flexibility index (Phi) is 5.14. The van der Waals surface area contributed by atoms with Crippen LogP contribution in [0.2, 0.25) is 0 Å². The standard InChI is InChI=1S/C20H22N4O/c1-3-21-13-19(24-20(25)16-10-11-22-12-16)14(2)17-9-8-15-6-4-5-7-18(15)23-17/h4-7,10-13,21-22H,2-3,8-9H2,1H3,(H,24,25)/b19-13+. The van der Waals surface area contributed by atoms with Crippen molar-refractivity contribution in [2.24, 2.45) is 4.99 Å². The van der Waals surface area contributed by atoms with E-state index in [1.807, 2.05) is 25.1 Å². The highest BCUT2D eigenvalue weighted by Crippen LogP contribution is 2.28. The Balaban J connectivity index is 1.83. The van der Waals surface area contributed by atoms with Crippen LogP contribution >= 0.6 is 0 Å². The normalized spacial score (nSPS) is 13.6. The van der Waals surface area contributed by atoms with Crippen LogP contribution in [-0.4, -0.2) is 23.1 Å². The quantitative estimate of drug-likeness (QED) is 0.708. The smallest absolute Gasteiger partial charge is 0.257 e. The summed E-state index contributed by atoms with van der Waals surface area (Å²) in [5.41, 5.74) is 5.08. The second-order valence-electron chi connectivity index (χ2n) is 5.84. The number of allylic oxidation sites excluding steroid dienone is 1. The van der Waals surface area contributed by atoms with Crippen molar-refractivity contribution in [2.75, 3.05) is 6.54 Å². The van der Waals surface area contributed by atoms with Gasteiger partial charge in [-0.25, -0.2) is 0 Å². The van der Waals surface area contributed by atoms with Crippen LogP contribution in [-0.2, 0) is 6.42 Å². The molecule has 0 atom stereocenters. The molecule has 1 aromatic heterocycles. The van der Waals surface area contributed by atoms with E-state index in [-0.39, 0.29) is 5.91 Å². The molecule has 3 N–H and O–H groups in total. The zero-order valence-electron chi connectivity index (χ0n) is 14.3. The number of hydrogen-bond acceptors (Lipinski definition) is 3. The lowest BCUT2D eigenvalue weighted by molar-refractivity contribution is 0.0967. The second-order valence-corrected chi connectivity index (χ2v) is 5.84. The Morgan fingerprint density at radius 3 is 2.92 bits per heavy atom. The van der Waals surface area contributed by atoms with Gasteiger partial charge in [-0.15, -0.1) is 0 Å². The number of hydrogen-bond donors (Lipinski definition) is 3. The number of benzene rings is 1. The zero-order chi connectivity index (χ0) is 17.6. The van der Waals surface area contributed by atoms with Crippen LogP contribution in [0.1, 0.15) is 29.3 Å². The van der Waals surface area contributed by atoms with E-state index < -0.39 is 0 Å². The lowest BCUT2D eigenvalue weighted by Gasteiger charge is -2.19. The summed E-state index contributed by atoms with van der Waals surface area (Å²) in [7, 11) is 0. The number of carbonyl (C=O) groups is 1. The van der Waals surface area contributed by atoms with Gasteiger partial charge in [-0.05, 0) is 37.5 Å². The molecule has 0 fully saturated rings. The van der Waals surface area contributed by atoms with Crippen molar-refractivity contribution in [1.29, 1.82) is 0 Å². The number of aliphatic imine (C=N–C) groups is 1. The maximum absolute atomic E-state index is 12.4. The predicted molar refractivity (Wildman–Crippen MR) is 101 cm³/mol. The molecule has 0 bridgehead atoms. The van der Waals surface area contributed by atoms with Gasteiger partial charge in [0.15, 0.2) is 0 Å². The number of aryl methyl sites for hydroxylation is 1. The molecule has 5 nitrogen and oxygen atoms in total. The van der Waals surface area contributed by atoms with E-state index in [1.165, 1.54) is 5.56 Å². The average Bonchev–Trinajstić information content (AvgIpc) is 3.19. The van der Waals surface area contributed by atoms with Gasteiger partial charge in [0.1, 0.15) is 0 Å². The SMILES string of the molecule is C=C(C1=Nc2ccccc2CC1)/C(=C\NCC)NC(=O)c1cc[nH]c1. The van der Waals surface area contributed by atoms with Gasteiger partial charge in [0.25, 0.3) is 5.91 Å². The Labute approximate surface area is 147 Å². The van der Waals surface area contributed by atoms with Crippen molar-refractivity contribution in [1.82, 2.24) is 15.6 Å². The Morgan fingerprint density at radius 1 is 1.32 bits per heavy atom. The molecule has 1 aliphatic rings. The van der Waals surface area contributed by atoms with Crippen LogP contribution in [0.25, 0.3) is 0 Å². The summed E-state index contributed by atoms with van der Waals surface area (Å²) in [5, 5.41) is 6.07. The van der Waals surface area contributed by atoms with E-state index in [1.54, 1.807) is 24.7 Å². The minimum absolute atomic E-state index is 0.177. The summed E-state index contributed by atoms with van der Waals surface area (Å²) in [4.78, 5) is 20.0. The molecular weight excluding hydrogens is 312 g/mol. The molecule has 3 rings (SSSR count). The molecule has 0 unspecified atom stereocenters. The number of fused-ring (bicyclic) bond motifs is 1. The highest BCUT2D eigenvalue weighted by molar-refractivity contribution is 6.07. The Bertz CT molecular complexity index is 831. The predicted octanol–water partition coefficient (Wildman–Crippen LogP) is 3.47. The van der Waals surface area contributed by atoms with Crippen molar-refractivity contribution in [3.63, 3.8) is 0 Å². The van der Waals surface area contributed by atoms with Gasteiger partial charge in [0.2, 0.25) is 0 Å². The van der Waals surface area contributed by atoms with Crippen LogP contribution in [0.3, 0.4) is 0 Å². The molecule has 5 heteroatoms. The number of nitrogens with one attached hydrogen (secondary N) is 3. The lowest BCUT2D eigenvalue weighted by atomic mass is 9.96. The highest BCUT2D eigenvalue weighted by Gasteiger charge is 2.18. The number of nitrogens with zero attached hydrogens (tertiary/aromatic N) is 1. The summed E-state index contributed by atoms with van der Waals surface area (Å²) >= 11 is 0. The van der Waals surface area contributed by atoms with Gasteiger partial charge in [0, 0.05) is 30.7 Å². The van der Waals surface area contributed by atoms with Crippen LogP contribution in [0.4, 0.5) is 5.69 Å². The molecule has 1 aliphatic heterocycles. The third-order valence-electron chi connectivity index (χ3n) is 4.11. The maximum Gasteiger partial charge on any atom is 0.257 e. The van der Waals surface area contributed by atoms with Gasteiger partial charge < -0.3 is 15.6 Å². The van der Waals surface area contributed by atoms with Crippen molar-refractivity contribution in [3.05, 3.63) is 77.9 Å². The Hall–Kier alpha value is -3.08. The average molecular weight is 334 g/mol.